The molecule has 3 atom stereocenters. The monoisotopic (exact) mass is 311 g/mol. The summed E-state index contributed by atoms with van der Waals surface area (Å²) in [4.78, 5) is 0.277. The zero-order valence-electron chi connectivity index (χ0n) is 13.0. The van der Waals surface area contributed by atoms with Gasteiger partial charge in [-0.05, 0) is 42.4 Å². The Morgan fingerprint density at radius 1 is 1.29 bits per heavy atom. The van der Waals surface area contributed by atoms with Crippen molar-refractivity contribution in [3.05, 3.63) is 29.3 Å². The number of aryl methyl sites for hydroxylation is 1. The van der Waals surface area contributed by atoms with Crippen LogP contribution in [0.2, 0.25) is 0 Å². The fourth-order valence-electron chi connectivity index (χ4n) is 3.04. The van der Waals surface area contributed by atoms with Gasteiger partial charge in [-0.1, -0.05) is 38.8 Å². The second-order valence-corrected chi connectivity index (χ2v) is 7.94. The van der Waals surface area contributed by atoms with E-state index in [1.54, 1.807) is 25.1 Å². The molecule has 1 aliphatic rings. The minimum Gasteiger partial charge on any atom is -0.392 e. The van der Waals surface area contributed by atoms with E-state index in [4.69, 9.17) is 0 Å². The lowest BCUT2D eigenvalue weighted by molar-refractivity contribution is 0.227. The predicted molar refractivity (Wildman–Crippen MR) is 83.4 cm³/mol. The Morgan fingerprint density at radius 2 is 2.00 bits per heavy atom. The summed E-state index contributed by atoms with van der Waals surface area (Å²) in [6, 6.07) is 5.05. The van der Waals surface area contributed by atoms with Crippen LogP contribution in [-0.2, 0) is 16.6 Å². The minimum absolute atomic E-state index is 0.00377. The maximum atomic E-state index is 12.6. The topological polar surface area (TPSA) is 66.4 Å². The van der Waals surface area contributed by atoms with E-state index in [9.17, 15) is 13.5 Å². The molecule has 118 valence electrons. The normalized spacial score (nSPS) is 26.8. The first kappa shape index (κ1) is 16.5. The largest absolute Gasteiger partial charge is 0.392 e. The van der Waals surface area contributed by atoms with E-state index in [2.05, 4.69) is 18.6 Å². The number of nitrogens with one attached hydrogen (secondary N) is 1. The van der Waals surface area contributed by atoms with Crippen molar-refractivity contribution in [3.8, 4) is 0 Å². The van der Waals surface area contributed by atoms with Crippen LogP contribution in [0.4, 0.5) is 0 Å². The molecule has 0 radical (unpaired) electrons. The average Bonchev–Trinajstić information content (AvgIpc) is 2.44. The molecule has 1 aromatic rings. The van der Waals surface area contributed by atoms with Gasteiger partial charge in [0.2, 0.25) is 10.0 Å². The molecule has 0 aromatic heterocycles. The van der Waals surface area contributed by atoms with Crippen molar-refractivity contribution in [2.24, 2.45) is 11.8 Å². The number of sulfonamides is 1. The molecule has 4 nitrogen and oxygen atoms in total. The lowest BCUT2D eigenvalue weighted by atomic mass is 9.78. The zero-order valence-corrected chi connectivity index (χ0v) is 13.8. The molecule has 3 unspecified atom stereocenters. The molecule has 0 aliphatic heterocycles. The van der Waals surface area contributed by atoms with Gasteiger partial charge in [0, 0.05) is 6.04 Å². The van der Waals surface area contributed by atoms with Crippen LogP contribution in [0.25, 0.3) is 0 Å². The van der Waals surface area contributed by atoms with Gasteiger partial charge in [0.15, 0.2) is 0 Å². The Morgan fingerprint density at radius 3 is 2.67 bits per heavy atom. The number of aliphatic hydroxyl groups is 1. The van der Waals surface area contributed by atoms with Gasteiger partial charge in [0.05, 0.1) is 11.5 Å². The molecule has 1 saturated carbocycles. The Bertz CT molecular complexity index is 598. The molecule has 21 heavy (non-hydrogen) atoms. The van der Waals surface area contributed by atoms with Gasteiger partial charge >= 0.3 is 0 Å². The summed E-state index contributed by atoms with van der Waals surface area (Å²) in [5, 5.41) is 9.20. The molecule has 1 aromatic carbocycles. The van der Waals surface area contributed by atoms with Gasteiger partial charge in [0.1, 0.15) is 0 Å². The SMILES string of the molecule is Cc1ccc(CO)cc1S(=O)(=O)NC1CCCC(C)C1C. The van der Waals surface area contributed by atoms with E-state index in [1.807, 2.05) is 0 Å². The van der Waals surface area contributed by atoms with Crippen molar-refractivity contribution in [1.82, 2.24) is 4.72 Å². The number of hydrogen-bond acceptors (Lipinski definition) is 3. The van der Waals surface area contributed by atoms with Gasteiger partial charge < -0.3 is 5.11 Å². The fraction of sp³-hybridized carbons (Fsp3) is 0.625. The zero-order chi connectivity index (χ0) is 15.6. The lowest BCUT2D eigenvalue weighted by Gasteiger charge is -2.34. The highest BCUT2D eigenvalue weighted by atomic mass is 32.2. The molecule has 2 rings (SSSR count). The first-order valence-corrected chi connectivity index (χ1v) is 9.06. The summed E-state index contributed by atoms with van der Waals surface area (Å²) in [5.74, 6) is 0.881. The standard InChI is InChI=1S/C16H25NO3S/c1-11-5-4-6-15(13(11)3)17-21(19,20)16-9-14(10-18)8-7-12(16)2/h7-9,11,13,15,17-18H,4-6,10H2,1-3H3. The number of rotatable bonds is 4. The number of aliphatic hydroxyl groups excluding tert-OH is 1. The quantitative estimate of drug-likeness (QED) is 0.898. The highest BCUT2D eigenvalue weighted by Gasteiger charge is 2.31. The summed E-state index contributed by atoms with van der Waals surface area (Å²) in [7, 11) is -3.54. The van der Waals surface area contributed by atoms with Crippen LogP contribution in [-0.4, -0.2) is 19.6 Å². The van der Waals surface area contributed by atoms with E-state index < -0.39 is 10.0 Å². The highest BCUT2D eigenvalue weighted by Crippen LogP contribution is 2.30. The molecular weight excluding hydrogens is 286 g/mol. The van der Waals surface area contributed by atoms with Crippen molar-refractivity contribution in [1.29, 1.82) is 0 Å². The summed E-state index contributed by atoms with van der Waals surface area (Å²) in [5.41, 5.74) is 1.32. The second kappa shape index (κ2) is 6.46. The van der Waals surface area contributed by atoms with Gasteiger partial charge in [-0.25, -0.2) is 13.1 Å². The van der Waals surface area contributed by atoms with Crippen LogP contribution < -0.4 is 4.72 Å². The summed E-state index contributed by atoms with van der Waals surface area (Å²) >= 11 is 0. The Kier molecular flexibility index (Phi) is 5.07. The fourth-order valence-corrected chi connectivity index (χ4v) is 4.70. The average molecular weight is 311 g/mol. The molecule has 0 heterocycles. The highest BCUT2D eigenvalue weighted by molar-refractivity contribution is 7.89. The Labute approximate surface area is 127 Å². The molecule has 0 amide bonds. The van der Waals surface area contributed by atoms with E-state index in [1.165, 1.54) is 6.42 Å². The molecule has 2 N–H and O–H groups in total. The molecule has 1 fully saturated rings. The maximum absolute atomic E-state index is 12.6. The second-order valence-electron chi connectivity index (χ2n) is 6.25. The third kappa shape index (κ3) is 3.65. The molecule has 1 aliphatic carbocycles. The van der Waals surface area contributed by atoms with Crippen LogP contribution in [0.5, 0.6) is 0 Å². The van der Waals surface area contributed by atoms with Crippen molar-refractivity contribution in [2.45, 2.75) is 57.6 Å². The Hall–Kier alpha value is -0.910. The van der Waals surface area contributed by atoms with Gasteiger partial charge in [0.25, 0.3) is 0 Å². The van der Waals surface area contributed by atoms with Crippen LogP contribution in [0.3, 0.4) is 0 Å². The third-order valence-electron chi connectivity index (χ3n) is 4.74. The van der Waals surface area contributed by atoms with Gasteiger partial charge in [-0.15, -0.1) is 0 Å². The molecule has 0 saturated heterocycles. The molecule has 5 heteroatoms. The van der Waals surface area contributed by atoms with Crippen LogP contribution in [0.15, 0.2) is 23.1 Å². The number of benzene rings is 1. The third-order valence-corrected chi connectivity index (χ3v) is 6.37. The lowest BCUT2D eigenvalue weighted by Crippen LogP contribution is -2.43. The maximum Gasteiger partial charge on any atom is 0.241 e. The van der Waals surface area contributed by atoms with E-state index in [-0.39, 0.29) is 17.5 Å². The van der Waals surface area contributed by atoms with Crippen molar-refractivity contribution in [3.63, 3.8) is 0 Å². The van der Waals surface area contributed by atoms with Crippen molar-refractivity contribution >= 4 is 10.0 Å². The van der Waals surface area contributed by atoms with E-state index >= 15 is 0 Å². The first-order chi connectivity index (χ1) is 9.85. The smallest absolute Gasteiger partial charge is 0.241 e. The molecule has 0 spiro atoms. The van der Waals surface area contributed by atoms with E-state index in [0.717, 1.165) is 12.8 Å². The summed E-state index contributed by atoms with van der Waals surface area (Å²) in [6.45, 7) is 5.93. The van der Waals surface area contributed by atoms with Crippen LogP contribution >= 0.6 is 0 Å². The summed E-state index contributed by atoms with van der Waals surface area (Å²) in [6.07, 6.45) is 3.12. The molecular formula is C16H25NO3S. The van der Waals surface area contributed by atoms with Crippen molar-refractivity contribution in [2.75, 3.05) is 0 Å². The minimum atomic E-state index is -3.54. The molecule has 0 bridgehead atoms. The van der Waals surface area contributed by atoms with Gasteiger partial charge in [-0.3, -0.25) is 0 Å². The van der Waals surface area contributed by atoms with Crippen LogP contribution in [0.1, 0.15) is 44.2 Å². The predicted octanol–water partition coefficient (Wildman–Crippen LogP) is 2.59. The van der Waals surface area contributed by atoms with Crippen LogP contribution in [0, 0.1) is 18.8 Å². The van der Waals surface area contributed by atoms with Gasteiger partial charge in [-0.2, -0.15) is 0 Å². The number of hydrogen-bond donors (Lipinski definition) is 2. The summed E-state index contributed by atoms with van der Waals surface area (Å²) < 4.78 is 28.2. The van der Waals surface area contributed by atoms with Crippen molar-refractivity contribution < 1.29 is 13.5 Å². The van der Waals surface area contributed by atoms with E-state index in [0.29, 0.717) is 23.0 Å². The first-order valence-electron chi connectivity index (χ1n) is 7.58. The Balaban J connectivity index is 2.26.